The van der Waals surface area contributed by atoms with Gasteiger partial charge in [-0.2, -0.15) is 0 Å². The monoisotopic (exact) mass is 267 g/mol. The van der Waals surface area contributed by atoms with E-state index >= 15 is 0 Å². The zero-order chi connectivity index (χ0) is 14.3. The molecule has 108 valence electrons. The van der Waals surface area contributed by atoms with Gasteiger partial charge < -0.3 is 14.3 Å². The second-order valence-electron chi connectivity index (χ2n) is 5.13. The average molecular weight is 267 g/mol. The molecule has 0 fully saturated rings. The van der Waals surface area contributed by atoms with E-state index in [1.165, 1.54) is 0 Å². The van der Waals surface area contributed by atoms with Gasteiger partial charge in [0.25, 0.3) is 0 Å². The van der Waals surface area contributed by atoms with Gasteiger partial charge in [-0.05, 0) is 32.4 Å². The van der Waals surface area contributed by atoms with Crippen LogP contribution in [0.3, 0.4) is 0 Å². The maximum absolute atomic E-state index is 10.1. The molecule has 19 heavy (non-hydrogen) atoms. The normalized spacial score (nSPS) is 14.6. The number of aryl methyl sites for hydroxylation is 1. The molecule has 0 bridgehead atoms. The molecule has 1 N–H and O–H groups in total. The Balaban J connectivity index is 2.60. The van der Waals surface area contributed by atoms with Crippen molar-refractivity contribution in [3.63, 3.8) is 0 Å². The lowest BCUT2D eigenvalue weighted by Crippen LogP contribution is -2.39. The summed E-state index contributed by atoms with van der Waals surface area (Å²) in [6.45, 7) is 10.1. The molecule has 1 unspecified atom stereocenters. The van der Waals surface area contributed by atoms with Crippen molar-refractivity contribution in [3.8, 4) is 0 Å². The summed E-state index contributed by atoms with van der Waals surface area (Å²) in [5, 5.41) is 10.1. The molecule has 0 aliphatic rings. The van der Waals surface area contributed by atoms with Gasteiger partial charge in [-0.15, -0.1) is 6.58 Å². The molecule has 0 aromatic carbocycles. The summed E-state index contributed by atoms with van der Waals surface area (Å²) in [6, 6.07) is 3.93. The molecule has 1 rings (SSSR count). The van der Waals surface area contributed by atoms with Gasteiger partial charge in [0.2, 0.25) is 0 Å². The molecular weight excluding hydrogens is 242 g/mol. The number of aliphatic hydroxyl groups is 1. The Bertz CT molecular complexity index is 384. The van der Waals surface area contributed by atoms with Gasteiger partial charge in [0, 0.05) is 26.8 Å². The highest BCUT2D eigenvalue weighted by Gasteiger charge is 2.21. The van der Waals surface area contributed by atoms with Gasteiger partial charge in [0.15, 0.2) is 0 Å². The van der Waals surface area contributed by atoms with Gasteiger partial charge in [-0.25, -0.2) is 0 Å². The summed E-state index contributed by atoms with van der Waals surface area (Å²) in [4.78, 5) is 2.15. The largest absolute Gasteiger partial charge is 0.465 e. The third-order valence-electron chi connectivity index (χ3n) is 2.98. The van der Waals surface area contributed by atoms with Gasteiger partial charge in [0.05, 0.1) is 12.1 Å². The summed E-state index contributed by atoms with van der Waals surface area (Å²) in [5.41, 5.74) is -0.894. The number of methoxy groups -OCH3 is 1. The maximum atomic E-state index is 10.1. The van der Waals surface area contributed by atoms with Crippen LogP contribution >= 0.6 is 0 Å². The van der Waals surface area contributed by atoms with Crippen LogP contribution in [0.25, 0.3) is 0 Å². The summed E-state index contributed by atoms with van der Waals surface area (Å²) in [6.07, 6.45) is 2.49. The Labute approximate surface area is 115 Å². The van der Waals surface area contributed by atoms with Crippen LogP contribution < -0.4 is 0 Å². The van der Waals surface area contributed by atoms with E-state index in [0.717, 1.165) is 24.5 Å². The number of hydrogen-bond donors (Lipinski definition) is 1. The van der Waals surface area contributed by atoms with Gasteiger partial charge in [-0.1, -0.05) is 6.08 Å². The summed E-state index contributed by atoms with van der Waals surface area (Å²) in [5.74, 6) is 1.82. The number of nitrogens with zero attached hydrogens (tertiary/aromatic N) is 1. The van der Waals surface area contributed by atoms with E-state index in [9.17, 15) is 5.11 Å². The van der Waals surface area contributed by atoms with Crippen LogP contribution in [0, 0.1) is 6.92 Å². The van der Waals surface area contributed by atoms with Crippen molar-refractivity contribution in [2.75, 3.05) is 26.8 Å². The lowest BCUT2D eigenvalue weighted by Gasteiger charge is -2.28. The molecule has 0 saturated heterocycles. The van der Waals surface area contributed by atoms with Gasteiger partial charge in [-0.3, -0.25) is 4.90 Å². The SMILES string of the molecule is C=CC(C)(O)CN(CCCOC)Cc1ccc(C)o1. The van der Waals surface area contributed by atoms with Gasteiger partial charge >= 0.3 is 0 Å². The molecule has 0 amide bonds. The highest BCUT2D eigenvalue weighted by atomic mass is 16.5. The number of furan rings is 1. The maximum Gasteiger partial charge on any atom is 0.118 e. The van der Waals surface area contributed by atoms with E-state index < -0.39 is 5.60 Å². The van der Waals surface area contributed by atoms with E-state index in [0.29, 0.717) is 19.7 Å². The van der Waals surface area contributed by atoms with Crippen molar-refractivity contribution >= 4 is 0 Å². The van der Waals surface area contributed by atoms with Crippen LogP contribution in [-0.2, 0) is 11.3 Å². The van der Waals surface area contributed by atoms with Gasteiger partial charge in [0.1, 0.15) is 11.5 Å². The molecule has 0 aliphatic carbocycles. The molecule has 4 heteroatoms. The van der Waals surface area contributed by atoms with Crippen molar-refractivity contribution in [2.45, 2.75) is 32.4 Å². The fraction of sp³-hybridized carbons (Fsp3) is 0.600. The first kappa shape index (κ1) is 16.0. The summed E-state index contributed by atoms with van der Waals surface area (Å²) < 4.78 is 10.7. The predicted octanol–water partition coefficient (Wildman–Crippen LogP) is 2.36. The molecule has 1 heterocycles. The Hall–Kier alpha value is -1.10. The first-order chi connectivity index (χ1) is 8.96. The third-order valence-corrected chi connectivity index (χ3v) is 2.98. The lowest BCUT2D eigenvalue weighted by molar-refractivity contribution is 0.0519. The van der Waals surface area contributed by atoms with E-state index in [4.69, 9.17) is 9.15 Å². The summed E-state index contributed by atoms with van der Waals surface area (Å²) in [7, 11) is 1.69. The quantitative estimate of drug-likeness (QED) is 0.551. The van der Waals surface area contributed by atoms with Crippen LogP contribution in [0.1, 0.15) is 24.9 Å². The Morgan fingerprint density at radius 1 is 1.53 bits per heavy atom. The standard InChI is InChI=1S/C15H25NO3/c1-5-15(3,17)12-16(9-6-10-18-4)11-14-8-7-13(2)19-14/h5,7-8,17H,1,6,9-12H2,2-4H3. The number of ether oxygens (including phenoxy) is 1. The Kier molecular flexibility index (Phi) is 6.28. The van der Waals surface area contributed by atoms with E-state index in [1.807, 2.05) is 19.1 Å². The molecule has 0 spiro atoms. The zero-order valence-electron chi connectivity index (χ0n) is 12.2. The molecule has 0 aliphatic heterocycles. The van der Waals surface area contributed by atoms with Crippen molar-refractivity contribution < 1.29 is 14.3 Å². The van der Waals surface area contributed by atoms with E-state index in [1.54, 1.807) is 20.1 Å². The molecule has 0 saturated carbocycles. The third kappa shape index (κ3) is 6.05. The van der Waals surface area contributed by atoms with Crippen LogP contribution in [0.4, 0.5) is 0 Å². The minimum atomic E-state index is -0.894. The Morgan fingerprint density at radius 3 is 2.79 bits per heavy atom. The first-order valence-electron chi connectivity index (χ1n) is 6.59. The number of hydrogen-bond acceptors (Lipinski definition) is 4. The van der Waals surface area contributed by atoms with Crippen LogP contribution in [0.15, 0.2) is 29.2 Å². The molecule has 4 nitrogen and oxygen atoms in total. The van der Waals surface area contributed by atoms with Crippen LogP contribution in [0.5, 0.6) is 0 Å². The van der Waals surface area contributed by atoms with Crippen molar-refractivity contribution in [1.29, 1.82) is 0 Å². The fourth-order valence-electron chi connectivity index (χ4n) is 1.95. The smallest absolute Gasteiger partial charge is 0.118 e. The van der Waals surface area contributed by atoms with Crippen molar-refractivity contribution in [1.82, 2.24) is 4.90 Å². The second kappa shape index (κ2) is 7.48. The zero-order valence-corrected chi connectivity index (χ0v) is 12.2. The van der Waals surface area contributed by atoms with E-state index in [2.05, 4.69) is 11.5 Å². The van der Waals surface area contributed by atoms with Crippen molar-refractivity contribution in [2.24, 2.45) is 0 Å². The highest BCUT2D eigenvalue weighted by molar-refractivity contribution is 5.06. The highest BCUT2D eigenvalue weighted by Crippen LogP contribution is 2.14. The first-order valence-corrected chi connectivity index (χ1v) is 6.59. The molecule has 1 aromatic rings. The molecular formula is C15H25NO3. The minimum Gasteiger partial charge on any atom is -0.465 e. The van der Waals surface area contributed by atoms with Crippen molar-refractivity contribution in [3.05, 3.63) is 36.3 Å². The van der Waals surface area contributed by atoms with E-state index in [-0.39, 0.29) is 0 Å². The second-order valence-corrected chi connectivity index (χ2v) is 5.13. The molecule has 0 radical (unpaired) electrons. The molecule has 1 aromatic heterocycles. The lowest BCUT2D eigenvalue weighted by atomic mass is 10.1. The Morgan fingerprint density at radius 2 is 2.26 bits per heavy atom. The fourth-order valence-corrected chi connectivity index (χ4v) is 1.95. The number of rotatable bonds is 9. The minimum absolute atomic E-state index is 0.528. The van der Waals surface area contributed by atoms with Crippen LogP contribution in [-0.4, -0.2) is 42.4 Å². The topological polar surface area (TPSA) is 45.8 Å². The van der Waals surface area contributed by atoms with Crippen LogP contribution in [0.2, 0.25) is 0 Å². The summed E-state index contributed by atoms with van der Waals surface area (Å²) >= 11 is 0. The average Bonchev–Trinajstić information content (AvgIpc) is 2.74. The predicted molar refractivity (Wildman–Crippen MR) is 76.0 cm³/mol. The molecule has 1 atom stereocenters.